The quantitative estimate of drug-likeness (QED) is 0.537. The summed E-state index contributed by atoms with van der Waals surface area (Å²) in [4.78, 5) is 27.9. The maximum absolute atomic E-state index is 11.7. The van der Waals surface area contributed by atoms with Gasteiger partial charge < -0.3 is 9.47 Å². The van der Waals surface area contributed by atoms with Gasteiger partial charge in [-0.05, 0) is 50.2 Å². The van der Waals surface area contributed by atoms with E-state index in [1.807, 2.05) is 30.3 Å². The second kappa shape index (κ2) is 8.95. The predicted octanol–water partition coefficient (Wildman–Crippen LogP) is 4.64. The highest BCUT2D eigenvalue weighted by Gasteiger charge is 2.10. The fourth-order valence-corrected chi connectivity index (χ4v) is 2.76. The number of hydrogen-bond donors (Lipinski definition) is 0. The summed E-state index contributed by atoms with van der Waals surface area (Å²) in [6.07, 6.45) is 0. The lowest BCUT2D eigenvalue weighted by atomic mass is 10.1. The molecule has 3 rings (SSSR count). The standard InChI is InChI=1S/C23H21NO4/c1-16(25)20-10-3-5-12-22(20)27-14-18-8-7-9-19(24-18)15-28-23-13-6-4-11-21(23)17(2)26/h3-13H,14-15H2,1-2H3. The third-order valence-corrected chi connectivity index (χ3v) is 4.15. The highest BCUT2D eigenvalue weighted by atomic mass is 16.5. The normalized spacial score (nSPS) is 10.4. The van der Waals surface area contributed by atoms with Gasteiger partial charge in [-0.2, -0.15) is 0 Å². The van der Waals surface area contributed by atoms with Crippen LogP contribution in [0.4, 0.5) is 0 Å². The molecule has 142 valence electrons. The summed E-state index contributed by atoms with van der Waals surface area (Å²) in [6.45, 7) is 3.50. The molecule has 5 nitrogen and oxygen atoms in total. The number of para-hydroxylation sites is 2. The van der Waals surface area contributed by atoms with Gasteiger partial charge in [0.05, 0.1) is 22.5 Å². The zero-order chi connectivity index (χ0) is 19.9. The Labute approximate surface area is 164 Å². The van der Waals surface area contributed by atoms with Crippen molar-refractivity contribution in [2.75, 3.05) is 0 Å². The average Bonchev–Trinajstić information content (AvgIpc) is 2.71. The number of ketones is 2. The summed E-state index contributed by atoms with van der Waals surface area (Å²) < 4.78 is 11.6. The molecular formula is C23H21NO4. The maximum Gasteiger partial charge on any atom is 0.163 e. The number of pyridine rings is 1. The van der Waals surface area contributed by atoms with Crippen LogP contribution < -0.4 is 9.47 Å². The largest absolute Gasteiger partial charge is 0.487 e. The van der Waals surface area contributed by atoms with Crippen LogP contribution in [-0.4, -0.2) is 16.6 Å². The fourth-order valence-electron chi connectivity index (χ4n) is 2.76. The molecule has 2 aromatic carbocycles. The van der Waals surface area contributed by atoms with Gasteiger partial charge in [-0.3, -0.25) is 14.6 Å². The Hall–Kier alpha value is -3.47. The Balaban J connectivity index is 1.67. The van der Waals surface area contributed by atoms with Gasteiger partial charge in [0.2, 0.25) is 0 Å². The number of benzene rings is 2. The van der Waals surface area contributed by atoms with Crippen LogP contribution in [0.25, 0.3) is 0 Å². The molecule has 0 N–H and O–H groups in total. The van der Waals surface area contributed by atoms with Gasteiger partial charge in [-0.15, -0.1) is 0 Å². The van der Waals surface area contributed by atoms with Crippen molar-refractivity contribution in [1.29, 1.82) is 0 Å². The van der Waals surface area contributed by atoms with Crippen LogP contribution in [0.3, 0.4) is 0 Å². The molecule has 0 spiro atoms. The van der Waals surface area contributed by atoms with Crippen LogP contribution in [0.5, 0.6) is 11.5 Å². The molecule has 0 aliphatic carbocycles. The second-order valence-electron chi connectivity index (χ2n) is 6.30. The Morgan fingerprint density at radius 2 is 1.11 bits per heavy atom. The van der Waals surface area contributed by atoms with E-state index in [2.05, 4.69) is 4.98 Å². The van der Waals surface area contributed by atoms with E-state index >= 15 is 0 Å². The van der Waals surface area contributed by atoms with Crippen LogP contribution in [0, 0.1) is 0 Å². The number of rotatable bonds is 8. The van der Waals surface area contributed by atoms with E-state index < -0.39 is 0 Å². The molecule has 0 saturated heterocycles. The number of aromatic nitrogens is 1. The third kappa shape index (κ3) is 4.82. The summed E-state index contributed by atoms with van der Waals surface area (Å²) in [5.74, 6) is 0.979. The molecule has 0 bridgehead atoms. The lowest BCUT2D eigenvalue weighted by Gasteiger charge is -2.11. The van der Waals surface area contributed by atoms with Crippen LogP contribution in [0.1, 0.15) is 46.0 Å². The highest BCUT2D eigenvalue weighted by molar-refractivity contribution is 5.97. The van der Waals surface area contributed by atoms with Gasteiger partial charge >= 0.3 is 0 Å². The van der Waals surface area contributed by atoms with Crippen LogP contribution in [0.2, 0.25) is 0 Å². The van der Waals surface area contributed by atoms with Crippen molar-refractivity contribution in [3.63, 3.8) is 0 Å². The molecule has 0 radical (unpaired) electrons. The average molecular weight is 375 g/mol. The lowest BCUT2D eigenvalue weighted by molar-refractivity contribution is 0.100. The second-order valence-corrected chi connectivity index (χ2v) is 6.30. The topological polar surface area (TPSA) is 65.5 Å². The van der Waals surface area contributed by atoms with Crippen molar-refractivity contribution in [1.82, 2.24) is 4.98 Å². The van der Waals surface area contributed by atoms with Crippen molar-refractivity contribution in [3.8, 4) is 11.5 Å². The maximum atomic E-state index is 11.7. The number of carbonyl (C=O) groups excluding carboxylic acids is 2. The molecule has 0 aliphatic rings. The predicted molar refractivity (Wildman–Crippen MR) is 106 cm³/mol. The molecule has 28 heavy (non-hydrogen) atoms. The highest BCUT2D eigenvalue weighted by Crippen LogP contribution is 2.21. The first kappa shape index (κ1) is 19.3. The Bertz CT molecular complexity index is 920. The molecule has 0 aliphatic heterocycles. The summed E-state index contributed by atoms with van der Waals surface area (Å²) in [7, 11) is 0. The molecule has 1 aromatic heterocycles. The molecule has 0 saturated carbocycles. The lowest BCUT2D eigenvalue weighted by Crippen LogP contribution is -2.06. The number of ether oxygens (including phenoxy) is 2. The molecule has 0 unspecified atom stereocenters. The first-order valence-corrected chi connectivity index (χ1v) is 8.95. The van der Waals surface area contributed by atoms with Crippen molar-refractivity contribution in [2.45, 2.75) is 27.1 Å². The van der Waals surface area contributed by atoms with Gasteiger partial charge in [0.25, 0.3) is 0 Å². The minimum atomic E-state index is -0.0464. The summed E-state index contributed by atoms with van der Waals surface area (Å²) in [6, 6.07) is 19.8. The summed E-state index contributed by atoms with van der Waals surface area (Å²) in [5, 5.41) is 0. The van der Waals surface area contributed by atoms with Crippen LogP contribution in [-0.2, 0) is 13.2 Å². The molecule has 0 atom stereocenters. The van der Waals surface area contributed by atoms with E-state index in [0.717, 1.165) is 11.4 Å². The van der Waals surface area contributed by atoms with Gasteiger partial charge in [-0.25, -0.2) is 0 Å². The zero-order valence-electron chi connectivity index (χ0n) is 15.8. The summed E-state index contributed by atoms with van der Waals surface area (Å²) in [5.41, 5.74) is 2.53. The van der Waals surface area contributed by atoms with E-state index in [0.29, 0.717) is 22.6 Å². The number of nitrogens with zero attached hydrogens (tertiary/aromatic N) is 1. The van der Waals surface area contributed by atoms with Crippen LogP contribution >= 0.6 is 0 Å². The molecular weight excluding hydrogens is 354 g/mol. The van der Waals surface area contributed by atoms with Crippen molar-refractivity contribution in [3.05, 3.63) is 89.2 Å². The van der Waals surface area contributed by atoms with Gasteiger partial charge in [0.15, 0.2) is 11.6 Å². The minimum absolute atomic E-state index is 0.0464. The Morgan fingerprint density at radius 1 is 0.679 bits per heavy atom. The Kier molecular flexibility index (Phi) is 6.17. The molecule has 0 fully saturated rings. The van der Waals surface area contributed by atoms with E-state index in [9.17, 15) is 9.59 Å². The van der Waals surface area contributed by atoms with E-state index in [4.69, 9.17) is 9.47 Å². The summed E-state index contributed by atoms with van der Waals surface area (Å²) >= 11 is 0. The smallest absolute Gasteiger partial charge is 0.163 e. The monoisotopic (exact) mass is 375 g/mol. The molecule has 1 heterocycles. The number of Topliss-reactive ketones (excluding diaryl/α,β-unsaturated/α-hetero) is 2. The van der Waals surface area contributed by atoms with Gasteiger partial charge in [0, 0.05) is 0 Å². The first-order chi connectivity index (χ1) is 13.5. The Morgan fingerprint density at radius 3 is 1.54 bits per heavy atom. The van der Waals surface area contributed by atoms with E-state index in [1.54, 1.807) is 36.4 Å². The van der Waals surface area contributed by atoms with Crippen LogP contribution in [0.15, 0.2) is 66.7 Å². The minimum Gasteiger partial charge on any atom is -0.487 e. The van der Waals surface area contributed by atoms with Crippen molar-refractivity contribution >= 4 is 11.6 Å². The molecule has 0 amide bonds. The van der Waals surface area contributed by atoms with E-state index in [1.165, 1.54) is 13.8 Å². The van der Waals surface area contributed by atoms with Crippen molar-refractivity contribution in [2.24, 2.45) is 0 Å². The third-order valence-electron chi connectivity index (χ3n) is 4.15. The SMILES string of the molecule is CC(=O)c1ccccc1OCc1cccc(COc2ccccc2C(C)=O)n1. The zero-order valence-corrected chi connectivity index (χ0v) is 15.8. The van der Waals surface area contributed by atoms with Gasteiger partial charge in [0.1, 0.15) is 24.7 Å². The first-order valence-electron chi connectivity index (χ1n) is 8.95. The number of hydrogen-bond acceptors (Lipinski definition) is 5. The molecule has 5 heteroatoms. The molecule has 3 aromatic rings. The number of carbonyl (C=O) groups is 2. The fraction of sp³-hybridized carbons (Fsp3) is 0.174. The van der Waals surface area contributed by atoms with E-state index in [-0.39, 0.29) is 24.8 Å². The van der Waals surface area contributed by atoms with Gasteiger partial charge in [-0.1, -0.05) is 30.3 Å². The van der Waals surface area contributed by atoms with Crippen molar-refractivity contribution < 1.29 is 19.1 Å².